The quantitative estimate of drug-likeness (QED) is 0.883. The van der Waals surface area contributed by atoms with E-state index in [9.17, 15) is 0 Å². The van der Waals surface area contributed by atoms with Crippen molar-refractivity contribution in [2.24, 2.45) is 5.73 Å². The van der Waals surface area contributed by atoms with Gasteiger partial charge in [-0.2, -0.15) is 0 Å². The third kappa shape index (κ3) is 2.55. The average molecular weight is 289 g/mol. The van der Waals surface area contributed by atoms with E-state index in [0.29, 0.717) is 11.6 Å². The third-order valence-corrected chi connectivity index (χ3v) is 5.07. The molecule has 0 aliphatic heterocycles. The molecule has 4 nitrogen and oxygen atoms in total. The summed E-state index contributed by atoms with van der Waals surface area (Å²) in [4.78, 5) is 11.2. The second-order valence-corrected chi connectivity index (χ2v) is 6.25. The van der Waals surface area contributed by atoms with Crippen molar-refractivity contribution in [2.45, 2.75) is 38.1 Å². The Kier molecular flexibility index (Phi) is 3.98. The molecule has 2 N–H and O–H groups in total. The second kappa shape index (κ2) is 5.89. The van der Waals surface area contributed by atoms with Crippen LogP contribution < -0.4 is 10.5 Å². The van der Waals surface area contributed by atoms with Crippen molar-refractivity contribution in [3.05, 3.63) is 39.5 Å². The Morgan fingerprint density at radius 1 is 1.20 bits per heavy atom. The molecule has 0 fully saturated rings. The monoisotopic (exact) mass is 289 g/mol. The van der Waals surface area contributed by atoms with Gasteiger partial charge in [0.2, 0.25) is 5.88 Å². The molecule has 0 aromatic carbocycles. The van der Waals surface area contributed by atoms with E-state index in [1.807, 2.05) is 11.3 Å². The standard InChI is InChI=1S/C15H19N3OS/c1-19-15-14(17-7-8-18-15)13(16)12-9-10-5-3-2-4-6-11(10)20-12/h7-9,13H,2-6,16H2,1H3. The topological polar surface area (TPSA) is 61.0 Å². The molecule has 0 amide bonds. The lowest BCUT2D eigenvalue weighted by Gasteiger charge is -2.11. The van der Waals surface area contributed by atoms with Gasteiger partial charge in [-0.05, 0) is 37.3 Å². The highest BCUT2D eigenvalue weighted by molar-refractivity contribution is 7.12. The van der Waals surface area contributed by atoms with E-state index in [-0.39, 0.29) is 6.04 Å². The van der Waals surface area contributed by atoms with Crippen LogP contribution in [0.1, 0.15) is 46.3 Å². The normalized spacial score (nSPS) is 16.3. The van der Waals surface area contributed by atoms with Gasteiger partial charge in [0.1, 0.15) is 5.69 Å². The molecule has 2 aromatic heterocycles. The van der Waals surface area contributed by atoms with Crippen molar-refractivity contribution < 1.29 is 4.74 Å². The molecule has 0 bridgehead atoms. The van der Waals surface area contributed by atoms with Crippen molar-refractivity contribution in [1.82, 2.24) is 9.97 Å². The molecule has 2 aromatic rings. The number of methoxy groups -OCH3 is 1. The van der Waals surface area contributed by atoms with Crippen molar-refractivity contribution in [3.63, 3.8) is 0 Å². The zero-order valence-electron chi connectivity index (χ0n) is 11.6. The number of thiophene rings is 1. The van der Waals surface area contributed by atoms with Gasteiger partial charge in [-0.3, -0.25) is 4.98 Å². The van der Waals surface area contributed by atoms with Crippen LogP contribution in [0.25, 0.3) is 0 Å². The zero-order chi connectivity index (χ0) is 13.9. The van der Waals surface area contributed by atoms with Crippen molar-refractivity contribution in [2.75, 3.05) is 7.11 Å². The minimum atomic E-state index is -0.254. The van der Waals surface area contributed by atoms with E-state index in [1.54, 1.807) is 19.5 Å². The summed E-state index contributed by atoms with van der Waals surface area (Å²) in [6.45, 7) is 0. The van der Waals surface area contributed by atoms with Crippen molar-refractivity contribution in [3.8, 4) is 5.88 Å². The Bertz CT molecular complexity index is 573. The minimum absolute atomic E-state index is 0.254. The number of fused-ring (bicyclic) bond motifs is 1. The van der Waals surface area contributed by atoms with E-state index in [1.165, 1.54) is 42.5 Å². The van der Waals surface area contributed by atoms with Crippen LogP contribution >= 0.6 is 11.3 Å². The Morgan fingerprint density at radius 3 is 2.85 bits per heavy atom. The Hall–Kier alpha value is -1.46. The first-order chi connectivity index (χ1) is 9.79. The van der Waals surface area contributed by atoms with Crippen LogP contribution in [0.3, 0.4) is 0 Å². The fourth-order valence-electron chi connectivity index (χ4n) is 2.69. The van der Waals surface area contributed by atoms with Gasteiger partial charge in [0.15, 0.2) is 0 Å². The van der Waals surface area contributed by atoms with Gasteiger partial charge in [0, 0.05) is 22.1 Å². The summed E-state index contributed by atoms with van der Waals surface area (Å²) in [5.41, 5.74) is 8.56. The highest BCUT2D eigenvalue weighted by atomic mass is 32.1. The number of rotatable bonds is 3. The van der Waals surface area contributed by atoms with E-state index < -0.39 is 0 Å². The summed E-state index contributed by atoms with van der Waals surface area (Å²) < 4.78 is 5.26. The first-order valence-electron chi connectivity index (χ1n) is 7.01. The van der Waals surface area contributed by atoms with Crippen LogP contribution in [0.4, 0.5) is 0 Å². The molecule has 0 saturated carbocycles. The molecule has 3 rings (SSSR count). The van der Waals surface area contributed by atoms with Crippen molar-refractivity contribution >= 4 is 11.3 Å². The molecule has 5 heteroatoms. The number of ether oxygens (including phenoxy) is 1. The average Bonchev–Trinajstić information content (AvgIpc) is 2.77. The predicted octanol–water partition coefficient (Wildman–Crippen LogP) is 2.86. The minimum Gasteiger partial charge on any atom is -0.480 e. The van der Waals surface area contributed by atoms with Crippen LogP contribution in [0, 0.1) is 0 Å². The third-order valence-electron chi connectivity index (χ3n) is 3.75. The maximum atomic E-state index is 6.37. The number of nitrogens with two attached hydrogens (primary N) is 1. The van der Waals surface area contributed by atoms with Gasteiger partial charge in [-0.1, -0.05) is 6.42 Å². The number of aryl methyl sites for hydroxylation is 2. The van der Waals surface area contributed by atoms with Crippen LogP contribution in [0.2, 0.25) is 0 Å². The van der Waals surface area contributed by atoms with Crippen LogP contribution in [0.5, 0.6) is 5.88 Å². The lowest BCUT2D eigenvalue weighted by molar-refractivity contribution is 0.387. The number of nitrogens with zero attached hydrogens (tertiary/aromatic N) is 2. The zero-order valence-corrected chi connectivity index (χ0v) is 12.4. The molecule has 2 heterocycles. The summed E-state index contributed by atoms with van der Waals surface area (Å²) in [5, 5.41) is 0. The lowest BCUT2D eigenvalue weighted by atomic mass is 10.1. The number of hydrogen-bond donors (Lipinski definition) is 1. The number of hydrogen-bond acceptors (Lipinski definition) is 5. The van der Waals surface area contributed by atoms with Gasteiger partial charge >= 0.3 is 0 Å². The summed E-state index contributed by atoms with van der Waals surface area (Å²) in [7, 11) is 1.60. The highest BCUT2D eigenvalue weighted by Crippen LogP contribution is 2.34. The van der Waals surface area contributed by atoms with E-state index in [4.69, 9.17) is 10.5 Å². The molecule has 0 saturated heterocycles. The largest absolute Gasteiger partial charge is 0.480 e. The Balaban J connectivity index is 1.92. The fourth-order valence-corrected chi connectivity index (χ4v) is 3.95. The first-order valence-corrected chi connectivity index (χ1v) is 7.83. The maximum Gasteiger partial charge on any atom is 0.237 e. The molecular weight excluding hydrogens is 270 g/mol. The van der Waals surface area contributed by atoms with E-state index in [2.05, 4.69) is 16.0 Å². The number of aromatic nitrogens is 2. The molecule has 0 spiro atoms. The molecule has 20 heavy (non-hydrogen) atoms. The fraction of sp³-hybridized carbons (Fsp3) is 0.467. The molecule has 1 unspecified atom stereocenters. The smallest absolute Gasteiger partial charge is 0.237 e. The Labute approximate surface area is 123 Å². The van der Waals surface area contributed by atoms with E-state index in [0.717, 1.165) is 4.88 Å². The molecule has 1 aliphatic carbocycles. The van der Waals surface area contributed by atoms with Gasteiger partial charge in [0.05, 0.1) is 13.2 Å². The van der Waals surface area contributed by atoms with Crippen LogP contribution in [-0.2, 0) is 12.8 Å². The SMILES string of the molecule is COc1nccnc1C(N)c1cc2c(s1)CCCCC2. The maximum absolute atomic E-state index is 6.37. The summed E-state index contributed by atoms with van der Waals surface area (Å²) in [6.07, 6.45) is 9.56. The first kappa shape index (κ1) is 13.5. The highest BCUT2D eigenvalue weighted by Gasteiger charge is 2.21. The van der Waals surface area contributed by atoms with Gasteiger partial charge in [0.25, 0.3) is 0 Å². The van der Waals surface area contributed by atoms with Crippen LogP contribution in [-0.4, -0.2) is 17.1 Å². The molecular formula is C15H19N3OS. The molecule has 0 radical (unpaired) electrons. The van der Waals surface area contributed by atoms with Crippen molar-refractivity contribution in [1.29, 1.82) is 0 Å². The van der Waals surface area contributed by atoms with E-state index >= 15 is 0 Å². The summed E-state index contributed by atoms with van der Waals surface area (Å²) in [6, 6.07) is 2.00. The molecule has 1 aliphatic rings. The van der Waals surface area contributed by atoms with Gasteiger partial charge in [-0.15, -0.1) is 11.3 Å². The van der Waals surface area contributed by atoms with Gasteiger partial charge < -0.3 is 10.5 Å². The predicted molar refractivity (Wildman–Crippen MR) is 80.2 cm³/mol. The van der Waals surface area contributed by atoms with Crippen LogP contribution in [0.15, 0.2) is 18.5 Å². The Morgan fingerprint density at radius 2 is 2.00 bits per heavy atom. The summed E-state index contributed by atoms with van der Waals surface area (Å²) >= 11 is 1.82. The lowest BCUT2D eigenvalue weighted by Crippen LogP contribution is -2.14. The molecule has 1 atom stereocenters. The second-order valence-electron chi connectivity index (χ2n) is 5.09. The molecule has 106 valence electrons. The summed E-state index contributed by atoms with van der Waals surface area (Å²) in [5.74, 6) is 0.517. The van der Waals surface area contributed by atoms with Gasteiger partial charge in [-0.25, -0.2) is 4.98 Å².